The predicted octanol–water partition coefficient (Wildman–Crippen LogP) is 3.77. The van der Waals surface area contributed by atoms with E-state index < -0.39 is 5.79 Å². The van der Waals surface area contributed by atoms with Crippen molar-refractivity contribution >= 4 is 0 Å². The molecule has 0 aliphatic rings. The molecule has 0 spiro atoms. The Balaban J connectivity index is 1.62. The minimum Gasteiger partial charge on any atom is -0.347 e. The van der Waals surface area contributed by atoms with Crippen LogP contribution in [0.15, 0.2) is 42.6 Å². The van der Waals surface area contributed by atoms with Crippen LogP contribution in [0.3, 0.4) is 0 Å². The number of methoxy groups -OCH3 is 2. The number of benzene rings is 1. The maximum absolute atomic E-state index is 5.67. The zero-order valence-corrected chi connectivity index (χ0v) is 20.0. The van der Waals surface area contributed by atoms with Crippen LogP contribution in [0, 0.1) is 0 Å². The Hall–Kier alpha value is -3.50. The van der Waals surface area contributed by atoms with Crippen LogP contribution in [0.25, 0.3) is 22.6 Å². The lowest BCUT2D eigenvalue weighted by molar-refractivity contribution is -0.222. The standard InChI is InChI=1S/C24H30N8O2/c1-5-7-10-20-26-23(24(6-2,33-3)34-4)29-32(20)16-17-11-13-18(14-12-17)21-19(9-8-15-25-21)22-27-30-31-28-22/h8-9,11-15H,5-7,10,16H2,1-4H3,(H,27,28,30,31). The second-order valence-electron chi connectivity index (χ2n) is 7.97. The van der Waals surface area contributed by atoms with E-state index in [0.717, 1.165) is 47.5 Å². The third-order valence-corrected chi connectivity index (χ3v) is 5.94. The lowest BCUT2D eigenvalue weighted by Gasteiger charge is -2.26. The summed E-state index contributed by atoms with van der Waals surface area (Å²) in [6.45, 7) is 4.77. The van der Waals surface area contributed by atoms with Gasteiger partial charge in [-0.3, -0.25) is 4.98 Å². The summed E-state index contributed by atoms with van der Waals surface area (Å²) in [5, 5.41) is 19.0. The van der Waals surface area contributed by atoms with E-state index in [9.17, 15) is 0 Å². The lowest BCUT2D eigenvalue weighted by atomic mass is 10.0. The second-order valence-corrected chi connectivity index (χ2v) is 7.97. The van der Waals surface area contributed by atoms with E-state index in [1.807, 2.05) is 23.7 Å². The summed E-state index contributed by atoms with van der Waals surface area (Å²) in [6.07, 6.45) is 5.34. The molecule has 10 nitrogen and oxygen atoms in total. The van der Waals surface area contributed by atoms with E-state index in [2.05, 4.69) is 56.8 Å². The number of nitrogens with one attached hydrogen (secondary N) is 1. The van der Waals surface area contributed by atoms with Crippen LogP contribution in [0.2, 0.25) is 0 Å². The number of rotatable bonds is 11. The SMILES string of the molecule is CCCCc1nc(C(CC)(OC)OC)nn1Cc1ccc(-c2ncccc2-c2nnn[nH]2)cc1. The lowest BCUT2D eigenvalue weighted by Crippen LogP contribution is -2.31. The van der Waals surface area contributed by atoms with Gasteiger partial charge in [0, 0.05) is 44.4 Å². The summed E-state index contributed by atoms with van der Waals surface area (Å²) in [6, 6.07) is 12.1. The minimum atomic E-state index is -0.943. The number of aromatic nitrogens is 8. The first-order valence-corrected chi connectivity index (χ1v) is 11.5. The van der Waals surface area contributed by atoms with Crippen LogP contribution < -0.4 is 0 Å². The summed E-state index contributed by atoms with van der Waals surface area (Å²) in [5.74, 6) is 1.12. The van der Waals surface area contributed by atoms with Crippen molar-refractivity contribution in [1.82, 2.24) is 40.4 Å². The van der Waals surface area contributed by atoms with Gasteiger partial charge in [0.2, 0.25) is 11.6 Å². The highest BCUT2D eigenvalue weighted by molar-refractivity contribution is 5.76. The number of hydrogen-bond donors (Lipinski definition) is 1. The van der Waals surface area contributed by atoms with Gasteiger partial charge in [0.15, 0.2) is 5.82 Å². The third kappa shape index (κ3) is 4.73. The molecule has 0 bridgehead atoms. The van der Waals surface area contributed by atoms with Crippen LogP contribution in [0.1, 0.15) is 50.3 Å². The van der Waals surface area contributed by atoms with Crippen LogP contribution in [0.5, 0.6) is 0 Å². The van der Waals surface area contributed by atoms with Gasteiger partial charge in [-0.05, 0) is 34.5 Å². The monoisotopic (exact) mass is 462 g/mol. The van der Waals surface area contributed by atoms with E-state index >= 15 is 0 Å². The van der Waals surface area contributed by atoms with Gasteiger partial charge in [-0.15, -0.1) is 10.2 Å². The van der Waals surface area contributed by atoms with E-state index in [-0.39, 0.29) is 0 Å². The Labute approximate surface area is 198 Å². The zero-order valence-electron chi connectivity index (χ0n) is 20.0. The Kier molecular flexibility index (Phi) is 7.39. The highest BCUT2D eigenvalue weighted by atomic mass is 16.7. The molecule has 0 saturated heterocycles. The molecule has 178 valence electrons. The third-order valence-electron chi connectivity index (χ3n) is 5.94. The quantitative estimate of drug-likeness (QED) is 0.335. The molecule has 0 saturated carbocycles. The zero-order chi connectivity index (χ0) is 24.0. The van der Waals surface area contributed by atoms with Crippen molar-refractivity contribution in [3.8, 4) is 22.6 Å². The van der Waals surface area contributed by atoms with Crippen molar-refractivity contribution in [2.45, 2.75) is 51.9 Å². The van der Waals surface area contributed by atoms with E-state index in [0.29, 0.717) is 24.6 Å². The molecule has 4 rings (SSSR count). The molecule has 0 amide bonds. The first kappa shape index (κ1) is 23.7. The van der Waals surface area contributed by atoms with Gasteiger partial charge < -0.3 is 9.47 Å². The maximum atomic E-state index is 5.67. The fourth-order valence-electron chi connectivity index (χ4n) is 3.94. The number of pyridine rings is 1. The van der Waals surface area contributed by atoms with Gasteiger partial charge in [-0.2, -0.15) is 0 Å². The molecule has 10 heteroatoms. The van der Waals surface area contributed by atoms with Crippen molar-refractivity contribution in [3.05, 3.63) is 59.8 Å². The summed E-state index contributed by atoms with van der Waals surface area (Å²) in [5.41, 5.74) is 3.74. The number of aryl methyl sites for hydroxylation is 1. The van der Waals surface area contributed by atoms with Crippen molar-refractivity contribution in [2.24, 2.45) is 0 Å². The van der Waals surface area contributed by atoms with Crippen molar-refractivity contribution in [1.29, 1.82) is 0 Å². The molecular weight excluding hydrogens is 432 g/mol. The fourth-order valence-corrected chi connectivity index (χ4v) is 3.94. The van der Waals surface area contributed by atoms with Crippen molar-refractivity contribution in [3.63, 3.8) is 0 Å². The van der Waals surface area contributed by atoms with Crippen LogP contribution in [-0.2, 0) is 28.2 Å². The molecule has 0 fully saturated rings. The van der Waals surface area contributed by atoms with Gasteiger partial charge in [0.25, 0.3) is 0 Å². The number of unbranched alkanes of at least 4 members (excludes halogenated alkanes) is 1. The van der Waals surface area contributed by atoms with Crippen molar-refractivity contribution in [2.75, 3.05) is 14.2 Å². The summed E-state index contributed by atoms with van der Waals surface area (Å²) in [7, 11) is 3.25. The van der Waals surface area contributed by atoms with Crippen molar-refractivity contribution < 1.29 is 9.47 Å². The van der Waals surface area contributed by atoms with E-state index in [1.54, 1.807) is 20.4 Å². The van der Waals surface area contributed by atoms with Crippen LogP contribution >= 0.6 is 0 Å². The number of hydrogen-bond acceptors (Lipinski definition) is 8. The highest BCUT2D eigenvalue weighted by Crippen LogP contribution is 2.29. The Morgan fingerprint density at radius 1 is 1.06 bits per heavy atom. The van der Waals surface area contributed by atoms with Gasteiger partial charge in [-0.25, -0.2) is 14.8 Å². The topological polar surface area (TPSA) is 117 Å². The normalized spacial score (nSPS) is 11.8. The number of nitrogens with zero attached hydrogens (tertiary/aromatic N) is 7. The number of H-pyrrole nitrogens is 1. The summed E-state index contributed by atoms with van der Waals surface area (Å²) >= 11 is 0. The highest BCUT2D eigenvalue weighted by Gasteiger charge is 2.35. The molecule has 1 N–H and O–H groups in total. The molecule has 0 unspecified atom stereocenters. The van der Waals surface area contributed by atoms with Gasteiger partial charge in [0.05, 0.1) is 12.2 Å². The number of ether oxygens (including phenoxy) is 2. The van der Waals surface area contributed by atoms with Gasteiger partial charge >= 0.3 is 0 Å². The fraction of sp³-hybridized carbons (Fsp3) is 0.417. The van der Waals surface area contributed by atoms with Crippen LogP contribution in [0.4, 0.5) is 0 Å². The predicted molar refractivity (Wildman–Crippen MR) is 127 cm³/mol. The molecular formula is C24H30N8O2. The molecule has 0 aliphatic carbocycles. The average molecular weight is 463 g/mol. The summed E-state index contributed by atoms with van der Waals surface area (Å²) < 4.78 is 13.3. The van der Waals surface area contributed by atoms with Gasteiger partial charge in [-0.1, -0.05) is 44.5 Å². The molecule has 3 aromatic heterocycles. The first-order chi connectivity index (χ1) is 16.6. The van der Waals surface area contributed by atoms with Gasteiger partial charge in [0.1, 0.15) is 5.82 Å². The largest absolute Gasteiger partial charge is 0.347 e. The van der Waals surface area contributed by atoms with E-state index in [1.165, 1.54) is 0 Å². The Bertz CT molecular complexity index is 1180. The Morgan fingerprint density at radius 2 is 1.85 bits per heavy atom. The molecule has 1 aromatic carbocycles. The van der Waals surface area contributed by atoms with E-state index in [4.69, 9.17) is 19.6 Å². The number of tetrazole rings is 1. The average Bonchev–Trinajstić information content (AvgIpc) is 3.56. The summed E-state index contributed by atoms with van der Waals surface area (Å²) in [4.78, 5) is 9.36. The smallest absolute Gasteiger partial charge is 0.231 e. The molecule has 34 heavy (non-hydrogen) atoms. The minimum absolute atomic E-state index is 0.557. The molecule has 0 aliphatic heterocycles. The molecule has 3 heterocycles. The second kappa shape index (κ2) is 10.6. The Morgan fingerprint density at radius 3 is 2.50 bits per heavy atom. The molecule has 4 aromatic rings. The number of aromatic amines is 1. The molecule has 0 radical (unpaired) electrons. The van der Waals surface area contributed by atoms with Crippen LogP contribution in [-0.4, -0.2) is 54.6 Å². The molecule has 0 atom stereocenters. The maximum Gasteiger partial charge on any atom is 0.231 e. The first-order valence-electron chi connectivity index (χ1n) is 11.5.